The van der Waals surface area contributed by atoms with E-state index in [9.17, 15) is 5.11 Å². The van der Waals surface area contributed by atoms with Crippen LogP contribution in [0.3, 0.4) is 0 Å². The van der Waals surface area contributed by atoms with Crippen LogP contribution in [-0.2, 0) is 4.74 Å². The SMILES string of the molecule is CC(C)(O)C(C)(C)OCCCCl. The van der Waals surface area contributed by atoms with Crippen LogP contribution in [0.1, 0.15) is 34.1 Å². The standard InChI is InChI=1S/C9H19ClO2/c1-8(2,11)9(3,4)12-7-5-6-10/h11H,5-7H2,1-4H3. The third-order valence-electron chi connectivity index (χ3n) is 2.21. The molecule has 0 bridgehead atoms. The van der Waals surface area contributed by atoms with E-state index in [0.29, 0.717) is 12.5 Å². The van der Waals surface area contributed by atoms with E-state index < -0.39 is 11.2 Å². The Morgan fingerprint density at radius 1 is 1.25 bits per heavy atom. The maximum Gasteiger partial charge on any atom is 0.0906 e. The Morgan fingerprint density at radius 2 is 1.75 bits per heavy atom. The van der Waals surface area contributed by atoms with Crippen molar-refractivity contribution in [2.24, 2.45) is 0 Å². The fourth-order valence-electron chi connectivity index (χ4n) is 0.558. The molecule has 0 unspecified atom stereocenters. The molecule has 0 aromatic rings. The minimum atomic E-state index is -0.820. The molecular weight excluding hydrogens is 176 g/mol. The molecule has 0 spiro atoms. The Hall–Kier alpha value is 0.210. The summed E-state index contributed by atoms with van der Waals surface area (Å²) in [6.07, 6.45) is 0.821. The number of rotatable bonds is 5. The summed E-state index contributed by atoms with van der Waals surface area (Å²) in [5.41, 5.74) is -1.33. The highest BCUT2D eigenvalue weighted by Gasteiger charge is 2.35. The molecule has 2 nitrogen and oxygen atoms in total. The Bertz CT molecular complexity index is 127. The van der Waals surface area contributed by atoms with Gasteiger partial charge < -0.3 is 9.84 Å². The number of hydrogen-bond acceptors (Lipinski definition) is 2. The van der Waals surface area contributed by atoms with Gasteiger partial charge in [-0.05, 0) is 34.1 Å². The molecule has 0 aliphatic carbocycles. The fraction of sp³-hybridized carbons (Fsp3) is 1.00. The summed E-state index contributed by atoms with van der Waals surface area (Å²) >= 11 is 5.50. The molecule has 74 valence electrons. The van der Waals surface area contributed by atoms with E-state index in [1.165, 1.54) is 0 Å². The summed E-state index contributed by atoms with van der Waals surface area (Å²) in [4.78, 5) is 0. The lowest BCUT2D eigenvalue weighted by atomic mass is 9.89. The van der Waals surface area contributed by atoms with Crippen molar-refractivity contribution < 1.29 is 9.84 Å². The van der Waals surface area contributed by atoms with Crippen LogP contribution in [0.2, 0.25) is 0 Å². The average molecular weight is 195 g/mol. The van der Waals surface area contributed by atoms with Crippen LogP contribution in [0.5, 0.6) is 0 Å². The van der Waals surface area contributed by atoms with E-state index in [0.717, 1.165) is 6.42 Å². The average Bonchev–Trinajstić information content (AvgIpc) is 1.85. The van der Waals surface area contributed by atoms with Crippen LogP contribution in [0.25, 0.3) is 0 Å². The molecular formula is C9H19ClO2. The molecule has 0 saturated carbocycles. The van der Waals surface area contributed by atoms with Crippen molar-refractivity contribution in [2.75, 3.05) is 12.5 Å². The molecule has 0 radical (unpaired) electrons. The zero-order valence-corrected chi connectivity index (χ0v) is 9.11. The molecule has 0 aromatic heterocycles. The van der Waals surface area contributed by atoms with Crippen molar-refractivity contribution in [3.05, 3.63) is 0 Å². The van der Waals surface area contributed by atoms with E-state index in [2.05, 4.69) is 0 Å². The van der Waals surface area contributed by atoms with Gasteiger partial charge in [-0.25, -0.2) is 0 Å². The smallest absolute Gasteiger partial charge is 0.0906 e. The molecule has 0 aromatic carbocycles. The van der Waals surface area contributed by atoms with Gasteiger partial charge in [0.15, 0.2) is 0 Å². The van der Waals surface area contributed by atoms with Gasteiger partial charge in [0.1, 0.15) is 0 Å². The van der Waals surface area contributed by atoms with E-state index in [1.807, 2.05) is 13.8 Å². The second-order valence-corrected chi connectivity index (χ2v) is 4.34. The van der Waals surface area contributed by atoms with Gasteiger partial charge in [0.05, 0.1) is 11.2 Å². The van der Waals surface area contributed by atoms with Gasteiger partial charge in [-0.1, -0.05) is 0 Å². The molecule has 3 heteroatoms. The molecule has 12 heavy (non-hydrogen) atoms. The predicted molar refractivity (Wildman–Crippen MR) is 51.7 cm³/mol. The second-order valence-electron chi connectivity index (χ2n) is 3.96. The molecule has 0 saturated heterocycles. The molecule has 1 N–H and O–H groups in total. The number of ether oxygens (including phenoxy) is 1. The van der Waals surface area contributed by atoms with Crippen LogP contribution in [0.4, 0.5) is 0 Å². The predicted octanol–water partition coefficient (Wildman–Crippen LogP) is 2.18. The van der Waals surface area contributed by atoms with Gasteiger partial charge >= 0.3 is 0 Å². The molecule has 0 fully saturated rings. The summed E-state index contributed by atoms with van der Waals surface area (Å²) in [6.45, 7) is 7.84. The maximum atomic E-state index is 9.69. The quantitative estimate of drug-likeness (QED) is 0.537. The Morgan fingerprint density at radius 3 is 2.08 bits per heavy atom. The van der Waals surface area contributed by atoms with Crippen molar-refractivity contribution in [2.45, 2.75) is 45.3 Å². The fourth-order valence-corrected chi connectivity index (χ4v) is 0.668. The highest BCUT2D eigenvalue weighted by Crippen LogP contribution is 2.24. The zero-order chi connectivity index (χ0) is 9.83. The molecule has 0 aliphatic rings. The van der Waals surface area contributed by atoms with Gasteiger partial charge in [0, 0.05) is 12.5 Å². The Balaban J connectivity index is 3.88. The zero-order valence-electron chi connectivity index (χ0n) is 8.35. The van der Waals surface area contributed by atoms with E-state index in [4.69, 9.17) is 16.3 Å². The van der Waals surface area contributed by atoms with Crippen LogP contribution < -0.4 is 0 Å². The molecule has 0 heterocycles. The van der Waals surface area contributed by atoms with E-state index in [1.54, 1.807) is 13.8 Å². The lowest BCUT2D eigenvalue weighted by molar-refractivity contribution is -0.146. The number of hydrogen-bond donors (Lipinski definition) is 1. The van der Waals surface area contributed by atoms with E-state index in [-0.39, 0.29) is 0 Å². The van der Waals surface area contributed by atoms with Gasteiger partial charge in [-0.3, -0.25) is 0 Å². The van der Waals surface area contributed by atoms with Crippen LogP contribution in [0.15, 0.2) is 0 Å². The van der Waals surface area contributed by atoms with Crippen molar-refractivity contribution >= 4 is 11.6 Å². The van der Waals surface area contributed by atoms with Crippen LogP contribution >= 0.6 is 11.6 Å². The summed E-state index contributed by atoms with van der Waals surface area (Å²) in [6, 6.07) is 0. The second kappa shape index (κ2) is 4.45. The van der Waals surface area contributed by atoms with Gasteiger partial charge in [-0.2, -0.15) is 0 Å². The highest BCUT2D eigenvalue weighted by atomic mass is 35.5. The molecule has 0 aliphatic heterocycles. The lowest BCUT2D eigenvalue weighted by Gasteiger charge is -2.37. The summed E-state index contributed by atoms with van der Waals surface area (Å²) in [5, 5.41) is 9.69. The monoisotopic (exact) mass is 194 g/mol. The largest absolute Gasteiger partial charge is 0.387 e. The van der Waals surface area contributed by atoms with Crippen molar-refractivity contribution in [1.29, 1.82) is 0 Å². The van der Waals surface area contributed by atoms with Gasteiger partial charge in [0.2, 0.25) is 0 Å². The highest BCUT2D eigenvalue weighted by molar-refractivity contribution is 6.17. The minimum Gasteiger partial charge on any atom is -0.387 e. The molecule has 0 atom stereocenters. The molecule has 0 amide bonds. The number of aliphatic hydroxyl groups is 1. The first-order valence-corrected chi connectivity index (χ1v) is 4.77. The number of halogens is 1. The van der Waals surface area contributed by atoms with Crippen molar-refractivity contribution in [1.82, 2.24) is 0 Å². The van der Waals surface area contributed by atoms with E-state index >= 15 is 0 Å². The Kier molecular flexibility index (Phi) is 4.53. The minimum absolute atomic E-state index is 0.515. The van der Waals surface area contributed by atoms with Crippen LogP contribution in [0, 0.1) is 0 Å². The third kappa shape index (κ3) is 3.74. The first-order valence-electron chi connectivity index (χ1n) is 4.23. The lowest BCUT2D eigenvalue weighted by Crippen LogP contribution is -2.47. The first kappa shape index (κ1) is 12.2. The van der Waals surface area contributed by atoms with Crippen molar-refractivity contribution in [3.8, 4) is 0 Å². The maximum absolute atomic E-state index is 9.69. The third-order valence-corrected chi connectivity index (χ3v) is 2.48. The normalized spacial score (nSPS) is 13.5. The Labute approximate surface area is 79.9 Å². The van der Waals surface area contributed by atoms with Gasteiger partial charge in [-0.15, -0.1) is 11.6 Å². The van der Waals surface area contributed by atoms with Crippen molar-refractivity contribution in [3.63, 3.8) is 0 Å². The summed E-state index contributed by atoms with van der Waals surface area (Å²) < 4.78 is 5.50. The first-order chi connectivity index (χ1) is 5.31. The number of alkyl halides is 1. The summed E-state index contributed by atoms with van der Waals surface area (Å²) in [7, 11) is 0. The topological polar surface area (TPSA) is 29.5 Å². The molecule has 0 rings (SSSR count). The van der Waals surface area contributed by atoms with Gasteiger partial charge in [0.25, 0.3) is 0 Å². The van der Waals surface area contributed by atoms with Crippen LogP contribution in [-0.4, -0.2) is 28.8 Å². The summed E-state index contributed by atoms with van der Waals surface area (Å²) in [5.74, 6) is 0.599.